The minimum absolute atomic E-state index is 0.278. The summed E-state index contributed by atoms with van der Waals surface area (Å²) in [4.78, 5) is 2.89. The van der Waals surface area contributed by atoms with Crippen molar-refractivity contribution in [2.75, 3.05) is 0 Å². The highest BCUT2D eigenvalue weighted by atomic mass is 19.1. The minimum atomic E-state index is -0.352. The summed E-state index contributed by atoms with van der Waals surface area (Å²) in [7, 11) is 0. The van der Waals surface area contributed by atoms with Crippen LogP contribution in [0.15, 0.2) is 18.2 Å². The van der Waals surface area contributed by atoms with Crippen LogP contribution in [0.1, 0.15) is 5.56 Å². The van der Waals surface area contributed by atoms with Gasteiger partial charge >= 0.3 is 5.69 Å². The predicted octanol–water partition coefficient (Wildman–Crippen LogP) is 2.62. The van der Waals surface area contributed by atoms with E-state index in [1.54, 1.807) is 13.0 Å². The molecule has 0 aliphatic rings. The van der Waals surface area contributed by atoms with Gasteiger partial charge in [0.15, 0.2) is 4.98 Å². The molecular weight excluding hydrogens is 131 g/mol. The molecule has 0 saturated heterocycles. The first kappa shape index (κ1) is 6.69. The van der Waals surface area contributed by atoms with E-state index in [4.69, 9.17) is 5.39 Å². The average molecular weight is 137 g/mol. The molecule has 0 spiro atoms. The van der Waals surface area contributed by atoms with Crippen molar-refractivity contribution in [1.82, 2.24) is 0 Å². The quantitative estimate of drug-likeness (QED) is 0.505. The molecule has 0 heterocycles. The molecule has 0 bridgehead atoms. The van der Waals surface area contributed by atoms with Gasteiger partial charge in [0.1, 0.15) is 5.82 Å². The number of nitrogens with zero attached hydrogens (tertiary/aromatic N) is 2. The second kappa shape index (κ2) is 2.44. The van der Waals surface area contributed by atoms with Crippen molar-refractivity contribution in [2.24, 2.45) is 0 Å². The van der Waals surface area contributed by atoms with E-state index in [-0.39, 0.29) is 11.5 Å². The van der Waals surface area contributed by atoms with Crippen LogP contribution in [0, 0.1) is 18.1 Å². The molecule has 1 rings (SSSR count). The Bertz CT molecular complexity index is 288. The van der Waals surface area contributed by atoms with Gasteiger partial charge in [-0.05, 0) is 13.0 Å². The summed E-state index contributed by atoms with van der Waals surface area (Å²) in [5.41, 5.74) is 0.644. The van der Waals surface area contributed by atoms with Crippen molar-refractivity contribution in [3.63, 3.8) is 0 Å². The number of hydrogen-bond donors (Lipinski definition) is 0. The summed E-state index contributed by atoms with van der Waals surface area (Å²) in [6, 6.07) is 4.36. The van der Waals surface area contributed by atoms with Crippen molar-refractivity contribution < 1.29 is 4.39 Å². The second-order valence-electron chi connectivity index (χ2n) is 1.98. The number of benzene rings is 1. The summed E-state index contributed by atoms with van der Waals surface area (Å²) < 4.78 is 12.6. The third-order valence-electron chi connectivity index (χ3n) is 1.35. The molecular formula is C7H6FN2+. The van der Waals surface area contributed by atoms with E-state index in [1.165, 1.54) is 12.1 Å². The van der Waals surface area contributed by atoms with Crippen LogP contribution in [-0.2, 0) is 0 Å². The number of hydrogen-bond acceptors (Lipinski definition) is 1. The highest BCUT2D eigenvalue weighted by molar-refractivity contribution is 5.50. The van der Waals surface area contributed by atoms with Crippen LogP contribution >= 0.6 is 0 Å². The van der Waals surface area contributed by atoms with Crippen molar-refractivity contribution in [2.45, 2.75) is 6.92 Å². The molecule has 1 aromatic rings. The van der Waals surface area contributed by atoms with E-state index in [0.29, 0.717) is 5.56 Å². The molecule has 0 amide bonds. The zero-order valence-corrected chi connectivity index (χ0v) is 5.50. The van der Waals surface area contributed by atoms with Crippen LogP contribution in [0.5, 0.6) is 0 Å². The van der Waals surface area contributed by atoms with E-state index >= 15 is 0 Å². The predicted molar refractivity (Wildman–Crippen MR) is 35.9 cm³/mol. The van der Waals surface area contributed by atoms with Crippen molar-refractivity contribution >= 4 is 5.69 Å². The van der Waals surface area contributed by atoms with Crippen LogP contribution in [0.2, 0.25) is 0 Å². The molecule has 0 aromatic heterocycles. The summed E-state index contributed by atoms with van der Waals surface area (Å²) in [5.74, 6) is -0.352. The summed E-state index contributed by atoms with van der Waals surface area (Å²) in [5, 5.41) is 8.30. The zero-order chi connectivity index (χ0) is 7.56. The Morgan fingerprint density at radius 2 is 2.20 bits per heavy atom. The molecule has 0 saturated carbocycles. The van der Waals surface area contributed by atoms with Gasteiger partial charge in [0.2, 0.25) is 5.39 Å². The van der Waals surface area contributed by atoms with Crippen LogP contribution in [0.4, 0.5) is 10.1 Å². The molecule has 0 radical (unpaired) electrons. The molecule has 0 atom stereocenters. The Labute approximate surface area is 57.9 Å². The third kappa shape index (κ3) is 0.960. The Morgan fingerprint density at radius 1 is 1.50 bits per heavy atom. The van der Waals surface area contributed by atoms with Crippen molar-refractivity contribution in [1.29, 1.82) is 5.39 Å². The normalized spacial score (nSPS) is 8.90. The molecule has 10 heavy (non-hydrogen) atoms. The SMILES string of the molecule is Cc1c(F)cccc1[N+]#N. The average Bonchev–Trinajstić information content (AvgIpc) is 1.95. The zero-order valence-electron chi connectivity index (χ0n) is 5.50. The lowest BCUT2D eigenvalue weighted by Gasteiger charge is -1.87. The molecule has 3 heteroatoms. The van der Waals surface area contributed by atoms with Crippen LogP contribution in [0.3, 0.4) is 0 Å². The fraction of sp³-hybridized carbons (Fsp3) is 0.143. The van der Waals surface area contributed by atoms with Gasteiger partial charge in [-0.1, -0.05) is 6.07 Å². The van der Waals surface area contributed by atoms with Gasteiger partial charge in [-0.2, -0.15) is 0 Å². The number of halogens is 1. The maximum absolute atomic E-state index is 12.6. The Balaban J connectivity index is 3.31. The molecule has 0 fully saturated rings. The number of rotatable bonds is 0. The highest BCUT2D eigenvalue weighted by Gasteiger charge is 2.11. The van der Waals surface area contributed by atoms with E-state index in [9.17, 15) is 4.39 Å². The van der Waals surface area contributed by atoms with Crippen molar-refractivity contribution in [3.8, 4) is 0 Å². The van der Waals surface area contributed by atoms with Gasteiger partial charge in [0, 0.05) is 6.07 Å². The van der Waals surface area contributed by atoms with Crippen LogP contribution < -0.4 is 0 Å². The summed E-state index contributed by atoms with van der Waals surface area (Å²) >= 11 is 0. The van der Waals surface area contributed by atoms with Gasteiger partial charge in [0.05, 0.1) is 5.56 Å². The van der Waals surface area contributed by atoms with E-state index < -0.39 is 0 Å². The maximum atomic E-state index is 12.6. The lowest BCUT2D eigenvalue weighted by Crippen LogP contribution is -1.78. The topological polar surface area (TPSA) is 28.1 Å². The lowest BCUT2D eigenvalue weighted by molar-refractivity contribution is 0.619. The van der Waals surface area contributed by atoms with Gasteiger partial charge in [-0.25, -0.2) is 4.39 Å². The number of diazo groups is 1. The minimum Gasteiger partial charge on any atom is -0.206 e. The fourth-order valence-electron chi connectivity index (χ4n) is 0.704. The third-order valence-corrected chi connectivity index (χ3v) is 1.35. The first-order chi connectivity index (χ1) is 4.75. The van der Waals surface area contributed by atoms with E-state index in [1.807, 2.05) is 0 Å². The second-order valence-corrected chi connectivity index (χ2v) is 1.98. The van der Waals surface area contributed by atoms with E-state index in [0.717, 1.165) is 0 Å². The van der Waals surface area contributed by atoms with Crippen LogP contribution in [0.25, 0.3) is 4.98 Å². The monoisotopic (exact) mass is 137 g/mol. The lowest BCUT2D eigenvalue weighted by atomic mass is 10.2. The van der Waals surface area contributed by atoms with Gasteiger partial charge < -0.3 is 0 Å². The first-order valence-electron chi connectivity index (χ1n) is 2.86. The molecule has 50 valence electrons. The molecule has 0 unspecified atom stereocenters. The molecule has 2 nitrogen and oxygen atoms in total. The molecule has 0 aliphatic heterocycles. The maximum Gasteiger partial charge on any atom is 0.390 e. The van der Waals surface area contributed by atoms with Crippen molar-refractivity contribution in [3.05, 3.63) is 34.6 Å². The Hall–Kier alpha value is -1.43. The highest BCUT2D eigenvalue weighted by Crippen LogP contribution is 2.19. The van der Waals surface area contributed by atoms with Gasteiger partial charge in [-0.15, -0.1) is 0 Å². The molecule has 0 N–H and O–H groups in total. The van der Waals surface area contributed by atoms with Gasteiger partial charge in [0.25, 0.3) is 0 Å². The Kier molecular flexibility index (Phi) is 1.63. The molecule has 0 aliphatic carbocycles. The largest absolute Gasteiger partial charge is 0.390 e. The fourth-order valence-corrected chi connectivity index (χ4v) is 0.704. The van der Waals surface area contributed by atoms with Gasteiger partial charge in [-0.3, -0.25) is 0 Å². The molecule has 1 aromatic carbocycles. The summed E-state index contributed by atoms with van der Waals surface area (Å²) in [6.07, 6.45) is 0. The Morgan fingerprint density at radius 3 is 2.70 bits per heavy atom. The van der Waals surface area contributed by atoms with Crippen LogP contribution in [-0.4, -0.2) is 0 Å². The first-order valence-corrected chi connectivity index (χ1v) is 2.86. The van der Waals surface area contributed by atoms with E-state index in [2.05, 4.69) is 4.98 Å². The summed E-state index contributed by atoms with van der Waals surface area (Å²) in [6.45, 7) is 1.56. The smallest absolute Gasteiger partial charge is 0.206 e. The standard InChI is InChI=1S/C7H6FN2/c1-5-6(8)3-2-4-7(5)10-9/h2-4H,1H3/q+1.